The zero-order chi connectivity index (χ0) is 15.7. The molecule has 1 unspecified atom stereocenters. The van der Waals surface area contributed by atoms with Gasteiger partial charge in [-0.15, -0.1) is 11.3 Å². The minimum atomic E-state index is -0.843. The lowest BCUT2D eigenvalue weighted by molar-refractivity contribution is -0.137. The highest BCUT2D eigenvalue weighted by molar-refractivity contribution is 7.98. The molecule has 118 valence electrons. The van der Waals surface area contributed by atoms with Crippen molar-refractivity contribution in [3.8, 4) is 0 Å². The molecule has 0 spiro atoms. The van der Waals surface area contributed by atoms with Gasteiger partial charge in [-0.25, -0.2) is 14.8 Å². The fourth-order valence-corrected chi connectivity index (χ4v) is 4.52. The molecule has 0 radical (unpaired) electrons. The lowest BCUT2D eigenvalue weighted by atomic mass is 9.97. The predicted octanol–water partition coefficient (Wildman–Crippen LogP) is 3.57. The highest BCUT2D eigenvalue weighted by atomic mass is 32.2. The summed E-state index contributed by atoms with van der Waals surface area (Å²) in [5.74, 6) is -0.160. The number of carbonyl (C=O) groups is 1. The van der Waals surface area contributed by atoms with Crippen molar-refractivity contribution >= 4 is 45.1 Å². The Morgan fingerprint density at radius 3 is 2.86 bits per heavy atom. The fourth-order valence-electron chi connectivity index (χ4n) is 2.84. The number of anilines is 1. The van der Waals surface area contributed by atoms with E-state index in [4.69, 9.17) is 0 Å². The molecule has 22 heavy (non-hydrogen) atoms. The van der Waals surface area contributed by atoms with Gasteiger partial charge in [-0.3, -0.25) is 0 Å². The van der Waals surface area contributed by atoms with Crippen LogP contribution in [0.5, 0.6) is 0 Å². The molecule has 2 aromatic heterocycles. The Balaban J connectivity index is 2.13. The zero-order valence-electron chi connectivity index (χ0n) is 12.7. The van der Waals surface area contributed by atoms with Gasteiger partial charge in [0.25, 0.3) is 0 Å². The minimum absolute atomic E-state index is 0.516. The van der Waals surface area contributed by atoms with Crippen LogP contribution >= 0.6 is 23.1 Å². The minimum Gasteiger partial charge on any atom is -0.480 e. The van der Waals surface area contributed by atoms with Crippen LogP contribution in [-0.4, -0.2) is 33.3 Å². The molecule has 0 saturated heterocycles. The number of carboxylic acids is 1. The Labute approximate surface area is 137 Å². The number of aryl methyl sites for hydroxylation is 2. The Bertz CT molecular complexity index is 714. The molecule has 0 bridgehead atoms. The molecule has 5 nitrogen and oxygen atoms in total. The molecule has 1 aliphatic rings. The second-order valence-electron chi connectivity index (χ2n) is 5.39. The topological polar surface area (TPSA) is 75.1 Å². The highest BCUT2D eigenvalue weighted by Gasteiger charge is 2.23. The van der Waals surface area contributed by atoms with Crippen molar-refractivity contribution in [1.82, 2.24) is 9.97 Å². The molecule has 0 amide bonds. The maximum absolute atomic E-state index is 11.3. The van der Waals surface area contributed by atoms with Crippen LogP contribution in [0.15, 0.2) is 5.16 Å². The second kappa shape index (κ2) is 6.42. The number of thioether (sulfide) groups is 1. The SMILES string of the molecule is CCC(Nc1nc(SC)nc2sc3c(c12)CCCC3)C(=O)O. The monoisotopic (exact) mass is 337 g/mol. The van der Waals surface area contributed by atoms with E-state index in [1.807, 2.05) is 13.2 Å². The van der Waals surface area contributed by atoms with Gasteiger partial charge in [0.15, 0.2) is 5.16 Å². The first-order valence-electron chi connectivity index (χ1n) is 7.49. The number of hydrogen-bond donors (Lipinski definition) is 2. The van der Waals surface area contributed by atoms with Gasteiger partial charge in [-0.1, -0.05) is 18.7 Å². The molecule has 2 aromatic rings. The Hall–Kier alpha value is -1.34. The number of rotatable bonds is 5. The summed E-state index contributed by atoms with van der Waals surface area (Å²) < 4.78 is 0. The quantitative estimate of drug-likeness (QED) is 0.642. The third kappa shape index (κ3) is 2.79. The summed E-state index contributed by atoms with van der Waals surface area (Å²) in [6, 6.07) is -0.619. The van der Waals surface area contributed by atoms with Crippen LogP contribution in [0.25, 0.3) is 10.2 Å². The van der Waals surface area contributed by atoms with Crippen molar-refractivity contribution in [3.63, 3.8) is 0 Å². The first-order valence-corrected chi connectivity index (χ1v) is 9.53. The smallest absolute Gasteiger partial charge is 0.326 e. The molecular formula is C15H19N3O2S2. The van der Waals surface area contributed by atoms with E-state index in [2.05, 4.69) is 15.3 Å². The van der Waals surface area contributed by atoms with Crippen molar-refractivity contribution in [1.29, 1.82) is 0 Å². The molecule has 0 saturated carbocycles. The Morgan fingerprint density at radius 2 is 2.18 bits per heavy atom. The molecular weight excluding hydrogens is 318 g/mol. The van der Waals surface area contributed by atoms with Gasteiger partial charge in [0.1, 0.15) is 16.7 Å². The van der Waals surface area contributed by atoms with Crippen LogP contribution in [-0.2, 0) is 17.6 Å². The number of thiophene rings is 1. The molecule has 2 heterocycles. The highest BCUT2D eigenvalue weighted by Crippen LogP contribution is 2.39. The van der Waals surface area contributed by atoms with Crippen LogP contribution in [0.4, 0.5) is 5.82 Å². The van der Waals surface area contributed by atoms with Crippen LogP contribution < -0.4 is 5.32 Å². The van der Waals surface area contributed by atoms with Gasteiger partial charge in [0.2, 0.25) is 0 Å². The third-order valence-corrected chi connectivity index (χ3v) is 5.73. The second-order valence-corrected chi connectivity index (χ2v) is 7.25. The van der Waals surface area contributed by atoms with E-state index in [1.54, 1.807) is 11.3 Å². The van der Waals surface area contributed by atoms with Crippen LogP contribution in [0.1, 0.15) is 36.6 Å². The van der Waals surface area contributed by atoms with Crippen molar-refractivity contribution in [2.75, 3.05) is 11.6 Å². The maximum Gasteiger partial charge on any atom is 0.326 e. The van der Waals surface area contributed by atoms with E-state index in [1.165, 1.54) is 35.0 Å². The summed E-state index contributed by atoms with van der Waals surface area (Å²) in [7, 11) is 0. The maximum atomic E-state index is 11.3. The van der Waals surface area contributed by atoms with Gasteiger partial charge in [-0.2, -0.15) is 0 Å². The van der Waals surface area contributed by atoms with Gasteiger partial charge < -0.3 is 10.4 Å². The molecule has 7 heteroatoms. The molecule has 0 aliphatic heterocycles. The van der Waals surface area contributed by atoms with Crippen molar-refractivity contribution in [2.45, 2.75) is 50.2 Å². The van der Waals surface area contributed by atoms with E-state index < -0.39 is 12.0 Å². The Morgan fingerprint density at radius 1 is 1.41 bits per heavy atom. The van der Waals surface area contributed by atoms with E-state index >= 15 is 0 Å². The van der Waals surface area contributed by atoms with Crippen LogP contribution in [0.2, 0.25) is 0 Å². The van der Waals surface area contributed by atoms with Crippen LogP contribution in [0, 0.1) is 0 Å². The van der Waals surface area contributed by atoms with E-state index in [9.17, 15) is 9.90 Å². The summed E-state index contributed by atoms with van der Waals surface area (Å²) >= 11 is 3.22. The number of nitrogens with one attached hydrogen (secondary N) is 1. The summed E-state index contributed by atoms with van der Waals surface area (Å²) in [5.41, 5.74) is 1.32. The third-order valence-electron chi connectivity index (χ3n) is 3.99. The summed E-state index contributed by atoms with van der Waals surface area (Å²) in [6.45, 7) is 1.86. The fraction of sp³-hybridized carbons (Fsp3) is 0.533. The molecule has 0 fully saturated rings. The largest absolute Gasteiger partial charge is 0.480 e. The van der Waals surface area contributed by atoms with E-state index in [0.29, 0.717) is 17.4 Å². The Kier molecular flexibility index (Phi) is 4.54. The van der Waals surface area contributed by atoms with Gasteiger partial charge in [-0.05, 0) is 43.9 Å². The number of aliphatic carboxylic acids is 1. The average Bonchev–Trinajstić information content (AvgIpc) is 2.90. The standard InChI is InChI=1S/C15H19N3O2S2/c1-3-9(14(19)20)16-12-11-8-6-4-5-7-10(8)22-13(11)18-15(17-12)21-2/h9H,3-7H2,1-2H3,(H,19,20)(H,16,17,18). The summed E-state index contributed by atoms with van der Waals surface area (Å²) in [6.07, 6.45) is 6.99. The molecule has 3 rings (SSSR count). The van der Waals surface area contributed by atoms with Crippen molar-refractivity contribution < 1.29 is 9.90 Å². The van der Waals surface area contributed by atoms with E-state index in [0.717, 1.165) is 23.1 Å². The summed E-state index contributed by atoms with van der Waals surface area (Å²) in [5, 5.41) is 14.2. The lowest BCUT2D eigenvalue weighted by Gasteiger charge is -2.16. The number of carboxylic acid groups (broad SMARTS) is 1. The normalized spacial score (nSPS) is 15.5. The van der Waals surface area contributed by atoms with Gasteiger partial charge in [0.05, 0.1) is 5.39 Å². The van der Waals surface area contributed by atoms with Crippen LogP contribution in [0.3, 0.4) is 0 Å². The van der Waals surface area contributed by atoms with E-state index in [-0.39, 0.29) is 0 Å². The first kappa shape index (κ1) is 15.6. The lowest BCUT2D eigenvalue weighted by Crippen LogP contribution is -2.29. The first-order chi connectivity index (χ1) is 10.6. The van der Waals surface area contributed by atoms with Crippen molar-refractivity contribution in [2.24, 2.45) is 0 Å². The predicted molar refractivity (Wildman–Crippen MR) is 91.2 cm³/mol. The zero-order valence-corrected chi connectivity index (χ0v) is 14.3. The van der Waals surface area contributed by atoms with Gasteiger partial charge in [0, 0.05) is 4.88 Å². The molecule has 1 aliphatic carbocycles. The summed E-state index contributed by atoms with van der Waals surface area (Å²) in [4.78, 5) is 22.9. The van der Waals surface area contributed by atoms with Crippen molar-refractivity contribution in [3.05, 3.63) is 10.4 Å². The number of hydrogen-bond acceptors (Lipinski definition) is 6. The van der Waals surface area contributed by atoms with Gasteiger partial charge >= 0.3 is 5.97 Å². The average molecular weight is 337 g/mol. The molecule has 1 atom stereocenters. The molecule has 2 N–H and O–H groups in total. The number of fused-ring (bicyclic) bond motifs is 3. The number of nitrogens with zero attached hydrogens (tertiary/aromatic N) is 2. The molecule has 0 aromatic carbocycles. The number of aromatic nitrogens is 2.